The highest BCUT2D eigenvalue weighted by Crippen LogP contribution is 2.36. The normalized spacial score (nSPS) is 26.9. The largest absolute Gasteiger partial charge is 0.390 e. The maximum Gasteiger partial charge on any atom is 0.110 e. The zero-order chi connectivity index (χ0) is 14.0. The van der Waals surface area contributed by atoms with Gasteiger partial charge in [0.15, 0.2) is 0 Å². The number of allylic oxidation sites excluding steroid dienone is 2. The Kier molecular flexibility index (Phi) is 4.98. The zero-order valence-corrected chi connectivity index (χ0v) is 12.4. The van der Waals surface area contributed by atoms with E-state index in [1.807, 2.05) is 20.8 Å². The van der Waals surface area contributed by atoms with Gasteiger partial charge in [-0.05, 0) is 52.9 Å². The Morgan fingerprint density at radius 2 is 1.94 bits per heavy atom. The number of ether oxygens (including phenoxy) is 1. The molecule has 18 heavy (non-hydrogen) atoms. The summed E-state index contributed by atoms with van der Waals surface area (Å²) in [7, 11) is 0. The Labute approximate surface area is 111 Å². The number of aliphatic hydroxyl groups is 2. The van der Waals surface area contributed by atoms with Gasteiger partial charge in [0.1, 0.15) is 6.10 Å². The monoisotopic (exact) mass is 256 g/mol. The number of epoxide rings is 1. The standard InChI is InChI=1S/C15H28O3/c1-11(2)7-6-8-14(4,16)9-12(3)15(5,17)13-10-18-13/h7,12-13,16-17H,6,8-10H2,1-5H3/t12-,13+,14+,15+/m1/s1. The summed E-state index contributed by atoms with van der Waals surface area (Å²) in [6.45, 7) is 10.4. The fraction of sp³-hybridized carbons (Fsp3) is 0.867. The molecule has 0 saturated carbocycles. The number of hydrogen-bond acceptors (Lipinski definition) is 3. The zero-order valence-electron chi connectivity index (χ0n) is 12.4. The van der Waals surface area contributed by atoms with E-state index in [2.05, 4.69) is 19.9 Å². The third-order valence-electron chi connectivity index (χ3n) is 3.96. The van der Waals surface area contributed by atoms with Gasteiger partial charge < -0.3 is 14.9 Å². The minimum Gasteiger partial charge on any atom is -0.390 e. The summed E-state index contributed by atoms with van der Waals surface area (Å²) in [5.74, 6) is 0.0201. The Hall–Kier alpha value is -0.380. The van der Waals surface area contributed by atoms with Crippen LogP contribution >= 0.6 is 0 Å². The Morgan fingerprint density at radius 1 is 1.39 bits per heavy atom. The van der Waals surface area contributed by atoms with Crippen LogP contribution in [0.5, 0.6) is 0 Å². The SMILES string of the molecule is CC(C)=CCC[C@](C)(O)C[C@@H](C)[C@](C)(O)[C@@H]1CO1. The van der Waals surface area contributed by atoms with Crippen molar-refractivity contribution in [3.05, 3.63) is 11.6 Å². The van der Waals surface area contributed by atoms with Crippen molar-refractivity contribution in [3.63, 3.8) is 0 Å². The van der Waals surface area contributed by atoms with E-state index < -0.39 is 11.2 Å². The van der Waals surface area contributed by atoms with Gasteiger partial charge >= 0.3 is 0 Å². The Morgan fingerprint density at radius 3 is 2.39 bits per heavy atom. The van der Waals surface area contributed by atoms with Crippen molar-refractivity contribution in [2.45, 2.75) is 71.2 Å². The maximum absolute atomic E-state index is 10.4. The van der Waals surface area contributed by atoms with Crippen LogP contribution < -0.4 is 0 Å². The molecule has 2 N–H and O–H groups in total. The molecular weight excluding hydrogens is 228 g/mol. The van der Waals surface area contributed by atoms with Gasteiger partial charge in [0, 0.05) is 0 Å². The van der Waals surface area contributed by atoms with Crippen molar-refractivity contribution in [2.75, 3.05) is 6.61 Å². The Balaban J connectivity index is 2.45. The third-order valence-corrected chi connectivity index (χ3v) is 3.96. The lowest BCUT2D eigenvalue weighted by molar-refractivity contribution is -0.0592. The lowest BCUT2D eigenvalue weighted by Crippen LogP contribution is -2.42. The predicted molar refractivity (Wildman–Crippen MR) is 73.4 cm³/mol. The molecule has 1 aliphatic rings. The van der Waals surface area contributed by atoms with E-state index in [1.54, 1.807) is 0 Å². The molecule has 0 radical (unpaired) electrons. The van der Waals surface area contributed by atoms with E-state index in [-0.39, 0.29) is 12.0 Å². The summed E-state index contributed by atoms with van der Waals surface area (Å²) in [5.41, 5.74) is -0.290. The molecular formula is C15H28O3. The topological polar surface area (TPSA) is 53.0 Å². The first kappa shape index (κ1) is 15.7. The van der Waals surface area contributed by atoms with E-state index in [1.165, 1.54) is 5.57 Å². The van der Waals surface area contributed by atoms with Crippen LogP contribution in [0.3, 0.4) is 0 Å². The van der Waals surface area contributed by atoms with Gasteiger partial charge in [-0.3, -0.25) is 0 Å². The molecule has 1 aliphatic heterocycles. The van der Waals surface area contributed by atoms with Crippen molar-refractivity contribution < 1.29 is 14.9 Å². The summed E-state index contributed by atoms with van der Waals surface area (Å²) >= 11 is 0. The fourth-order valence-corrected chi connectivity index (χ4v) is 2.34. The van der Waals surface area contributed by atoms with Crippen molar-refractivity contribution in [1.29, 1.82) is 0 Å². The summed E-state index contributed by atoms with van der Waals surface area (Å²) in [6, 6.07) is 0. The summed E-state index contributed by atoms with van der Waals surface area (Å²) in [5, 5.41) is 20.7. The summed E-state index contributed by atoms with van der Waals surface area (Å²) < 4.78 is 5.18. The van der Waals surface area contributed by atoms with Crippen LogP contribution in [0.4, 0.5) is 0 Å². The Bertz CT molecular complexity index is 297. The molecule has 0 unspecified atom stereocenters. The van der Waals surface area contributed by atoms with E-state index in [4.69, 9.17) is 4.74 Å². The van der Waals surface area contributed by atoms with Crippen molar-refractivity contribution in [2.24, 2.45) is 5.92 Å². The maximum atomic E-state index is 10.4. The van der Waals surface area contributed by atoms with E-state index >= 15 is 0 Å². The molecule has 0 aromatic heterocycles. The minimum atomic E-state index is -0.833. The minimum absolute atomic E-state index is 0.0201. The van der Waals surface area contributed by atoms with Crippen LogP contribution in [-0.2, 0) is 4.74 Å². The average molecular weight is 256 g/mol. The lowest BCUT2D eigenvalue weighted by Gasteiger charge is -2.34. The van der Waals surface area contributed by atoms with E-state index in [9.17, 15) is 10.2 Å². The molecule has 0 amide bonds. The molecule has 106 valence electrons. The first-order chi connectivity index (χ1) is 8.15. The molecule has 1 heterocycles. The van der Waals surface area contributed by atoms with Crippen LogP contribution in [0.15, 0.2) is 11.6 Å². The second kappa shape index (κ2) is 5.72. The van der Waals surface area contributed by atoms with E-state index in [0.29, 0.717) is 13.0 Å². The van der Waals surface area contributed by atoms with Gasteiger partial charge in [0.25, 0.3) is 0 Å². The first-order valence-corrected chi connectivity index (χ1v) is 6.85. The fourth-order valence-electron chi connectivity index (χ4n) is 2.34. The highest BCUT2D eigenvalue weighted by Gasteiger charge is 2.46. The summed E-state index contributed by atoms with van der Waals surface area (Å²) in [4.78, 5) is 0. The van der Waals surface area contributed by atoms with Crippen LogP contribution in [0, 0.1) is 5.92 Å². The second-order valence-corrected chi connectivity index (χ2v) is 6.47. The van der Waals surface area contributed by atoms with Gasteiger partial charge in [-0.2, -0.15) is 0 Å². The molecule has 3 heteroatoms. The van der Waals surface area contributed by atoms with Crippen LogP contribution in [-0.4, -0.2) is 34.1 Å². The van der Waals surface area contributed by atoms with Gasteiger partial charge in [-0.1, -0.05) is 18.6 Å². The van der Waals surface area contributed by atoms with Gasteiger partial charge in [0.2, 0.25) is 0 Å². The van der Waals surface area contributed by atoms with Crippen molar-refractivity contribution in [3.8, 4) is 0 Å². The lowest BCUT2D eigenvalue weighted by atomic mass is 9.79. The number of hydrogen-bond donors (Lipinski definition) is 2. The first-order valence-electron chi connectivity index (χ1n) is 6.85. The quantitative estimate of drug-likeness (QED) is 0.544. The molecule has 1 fully saturated rings. The van der Waals surface area contributed by atoms with Gasteiger partial charge in [-0.25, -0.2) is 0 Å². The summed E-state index contributed by atoms with van der Waals surface area (Å²) in [6.07, 6.45) is 4.28. The van der Waals surface area contributed by atoms with Crippen LogP contribution in [0.1, 0.15) is 53.9 Å². The molecule has 0 aromatic rings. The third kappa shape index (κ3) is 4.71. The highest BCUT2D eigenvalue weighted by molar-refractivity contribution is 4.98. The molecule has 1 rings (SSSR count). The van der Waals surface area contributed by atoms with Crippen molar-refractivity contribution >= 4 is 0 Å². The molecule has 4 atom stereocenters. The molecule has 1 saturated heterocycles. The second-order valence-electron chi connectivity index (χ2n) is 6.47. The van der Waals surface area contributed by atoms with Crippen molar-refractivity contribution in [1.82, 2.24) is 0 Å². The molecule has 3 nitrogen and oxygen atoms in total. The molecule has 0 aromatic carbocycles. The smallest absolute Gasteiger partial charge is 0.110 e. The van der Waals surface area contributed by atoms with Crippen LogP contribution in [0.2, 0.25) is 0 Å². The molecule has 0 aliphatic carbocycles. The van der Waals surface area contributed by atoms with Gasteiger partial charge in [0.05, 0.1) is 17.8 Å². The molecule has 0 bridgehead atoms. The van der Waals surface area contributed by atoms with E-state index in [0.717, 1.165) is 12.8 Å². The van der Waals surface area contributed by atoms with Gasteiger partial charge in [-0.15, -0.1) is 0 Å². The van der Waals surface area contributed by atoms with Crippen LogP contribution in [0.25, 0.3) is 0 Å². The number of rotatable bonds is 7. The molecule has 0 spiro atoms. The predicted octanol–water partition coefficient (Wildman–Crippen LogP) is 2.66. The highest BCUT2D eigenvalue weighted by atomic mass is 16.6. The average Bonchev–Trinajstić information content (AvgIpc) is 2.98.